The molecule has 0 radical (unpaired) electrons. The third-order valence-corrected chi connectivity index (χ3v) is 12.2. The van der Waals surface area contributed by atoms with Crippen molar-refractivity contribution in [2.75, 3.05) is 0 Å². The number of oxazole rings is 4. The molecule has 1 fully saturated rings. The molecule has 0 spiro atoms. The number of fused-ring (bicyclic) bond motifs is 4. The molecule has 1 aliphatic heterocycles. The van der Waals surface area contributed by atoms with Gasteiger partial charge in [0, 0.05) is 66.5 Å². The van der Waals surface area contributed by atoms with Crippen molar-refractivity contribution in [1.82, 2.24) is 18.3 Å². The Morgan fingerprint density at radius 2 is 0.891 bits per heavy atom. The molecule has 0 atom stereocenters. The van der Waals surface area contributed by atoms with E-state index in [2.05, 4.69) is 60.1 Å². The van der Waals surface area contributed by atoms with Gasteiger partial charge in [-0.3, -0.25) is 18.3 Å². The van der Waals surface area contributed by atoms with Crippen molar-refractivity contribution in [3.63, 3.8) is 0 Å². The van der Waals surface area contributed by atoms with Crippen LogP contribution in [0.15, 0.2) is 106 Å². The lowest BCUT2D eigenvalue weighted by molar-refractivity contribution is 0.00578. The topological polar surface area (TPSA) is 199 Å². The summed E-state index contributed by atoms with van der Waals surface area (Å²) in [6.07, 6.45) is 0. The van der Waals surface area contributed by atoms with Gasteiger partial charge in [0.2, 0.25) is 0 Å². The third kappa shape index (κ3) is 11.3. The number of hydrogen-bond donors (Lipinski definition) is 2. The van der Waals surface area contributed by atoms with Gasteiger partial charge in [-0.15, -0.1) is 0 Å². The van der Waals surface area contributed by atoms with E-state index in [9.17, 15) is 19.2 Å². The lowest BCUT2D eigenvalue weighted by Gasteiger charge is -2.32. The Morgan fingerprint density at radius 3 is 1.33 bits per heavy atom. The molecule has 2 N–H and O–H groups in total. The van der Waals surface area contributed by atoms with Crippen molar-refractivity contribution in [3.8, 4) is 0 Å². The number of hydrogen-bond acceptors (Lipinski definition) is 12. The number of halogens is 4. The molecule has 22 heteroatoms. The van der Waals surface area contributed by atoms with Gasteiger partial charge in [0.1, 0.15) is 0 Å². The molecule has 4 aromatic heterocycles. The van der Waals surface area contributed by atoms with Gasteiger partial charge in [-0.05, 0) is 124 Å². The molecule has 0 aliphatic carbocycles. The van der Waals surface area contributed by atoms with Crippen molar-refractivity contribution >= 4 is 124 Å². The monoisotopic (exact) mass is 1140 g/mol. The van der Waals surface area contributed by atoms with E-state index < -0.39 is 25.4 Å². The van der Waals surface area contributed by atoms with Gasteiger partial charge in [0.15, 0.2) is 22.3 Å². The first-order chi connectivity index (χ1) is 29.9. The summed E-state index contributed by atoms with van der Waals surface area (Å²) in [4.78, 5) is 45.0. The van der Waals surface area contributed by atoms with Gasteiger partial charge in [-0.2, -0.15) is 0 Å². The SMILES string of the molecule is BrBr.CB(O)O.Cc1c(B2OC(C)(C)C(C)(C)O2)ccc2c1oc(=O)n2C.Cc1c(Br)ccc2c1oc(=O)n2C.Cc1cccc2c1oc(=O)n2C.Cn1c(=O)oc2c(Br)cccc21. The molecule has 4 aromatic carbocycles. The minimum absolute atomic E-state index is 0.306. The van der Waals surface area contributed by atoms with Crippen LogP contribution >= 0.6 is 60.1 Å². The summed E-state index contributed by atoms with van der Waals surface area (Å²) in [5, 5.41) is 15.2. The predicted octanol–water partition coefficient (Wildman–Crippen LogP) is 8.06. The lowest BCUT2D eigenvalue weighted by Crippen LogP contribution is -2.41. The smallest absolute Gasteiger partial charge is 0.427 e. The Kier molecular flexibility index (Phi) is 17.6. The summed E-state index contributed by atoms with van der Waals surface area (Å²) in [6.45, 7) is 15.1. The van der Waals surface area contributed by atoms with E-state index in [1.54, 1.807) is 28.2 Å². The summed E-state index contributed by atoms with van der Waals surface area (Å²) in [5.74, 6) is -1.33. The largest absolute Gasteiger partial charge is 0.495 e. The fourth-order valence-corrected chi connectivity index (χ4v) is 7.02. The molecule has 0 amide bonds. The second-order valence-corrected chi connectivity index (χ2v) is 17.3. The van der Waals surface area contributed by atoms with Crippen molar-refractivity contribution in [2.45, 2.75) is 66.5 Å². The number of para-hydroxylation sites is 2. The van der Waals surface area contributed by atoms with Crippen molar-refractivity contribution in [3.05, 3.63) is 129 Å². The van der Waals surface area contributed by atoms with E-state index in [0.29, 0.717) is 22.3 Å². The summed E-state index contributed by atoms with van der Waals surface area (Å²) >= 11 is 12.2. The maximum atomic E-state index is 11.7. The number of benzene rings is 4. The first-order valence-electron chi connectivity index (χ1n) is 19.4. The Hall–Kier alpha value is -4.15. The normalized spacial score (nSPS) is 13.5. The fourth-order valence-electron chi connectivity index (χ4n) is 6.27. The molecule has 16 nitrogen and oxygen atoms in total. The van der Waals surface area contributed by atoms with Gasteiger partial charge in [-0.1, -0.05) is 40.2 Å². The van der Waals surface area contributed by atoms with E-state index in [1.807, 2.05) is 109 Å². The van der Waals surface area contributed by atoms with Crippen LogP contribution < -0.4 is 28.5 Å². The standard InChI is InChI=1S/C15H20BNO4.C9H8BrNO2.C9H9NO2.C8H6BrNO2.CH5BO2.Br2/c1-9-10(16-20-14(2,3)15(4,5)21-16)7-8-11-12(9)19-13(18)17(11)6;1-5-6(10)3-4-7-8(5)13-9(12)11(7)2;1-6-4-3-5-7-8(6)12-9(11)10(7)2;1-10-6-4-2-3-5(9)7(6)12-8(10)11;1-2(3)4;1-2/h7-8H,1-6H3;3-4H,1-2H3;3-5H,1-2H3;2-4H,1H3;3-4H,1H3;. The fraction of sp³-hybridized carbons (Fsp3) is 0.333. The molecule has 342 valence electrons. The van der Waals surface area contributed by atoms with Crippen LogP contribution in [-0.4, -0.2) is 53.8 Å². The zero-order chi connectivity index (χ0) is 48.2. The lowest BCUT2D eigenvalue weighted by atomic mass is 9.76. The second kappa shape index (κ2) is 21.4. The zero-order valence-corrected chi connectivity index (χ0v) is 43.5. The molecular weight excluding hydrogens is 1090 g/mol. The molecule has 0 saturated carbocycles. The Bertz CT molecular complexity index is 3040. The third-order valence-electron chi connectivity index (χ3n) is 10.7. The van der Waals surface area contributed by atoms with E-state index in [4.69, 9.17) is 37.0 Å². The van der Waals surface area contributed by atoms with Crippen molar-refractivity contribution in [1.29, 1.82) is 0 Å². The molecule has 1 aliphatic rings. The maximum Gasteiger partial charge on any atom is 0.495 e. The molecule has 5 heterocycles. The van der Waals surface area contributed by atoms with Crippen LogP contribution in [0.5, 0.6) is 0 Å². The summed E-state index contributed by atoms with van der Waals surface area (Å²) in [6, 6.07) is 18.8. The minimum atomic E-state index is -1.17. The van der Waals surface area contributed by atoms with Crippen LogP contribution in [0.25, 0.3) is 44.4 Å². The summed E-state index contributed by atoms with van der Waals surface area (Å²) < 4.78 is 40.3. The van der Waals surface area contributed by atoms with Crippen LogP contribution in [0.4, 0.5) is 0 Å². The number of nitrogens with zero attached hydrogens (tertiary/aromatic N) is 4. The minimum Gasteiger partial charge on any atom is -0.427 e. The van der Waals surface area contributed by atoms with E-state index in [0.717, 1.165) is 53.2 Å². The van der Waals surface area contributed by atoms with Crippen molar-refractivity contribution in [2.24, 2.45) is 28.2 Å². The molecular formula is C42H48B2Br4N4O12. The first-order valence-corrected chi connectivity index (χ1v) is 24.7. The van der Waals surface area contributed by atoms with Gasteiger partial charge in [-0.25, -0.2) is 19.2 Å². The van der Waals surface area contributed by atoms with Gasteiger partial charge >= 0.3 is 37.3 Å². The van der Waals surface area contributed by atoms with Gasteiger partial charge in [0.05, 0.1) is 37.7 Å². The van der Waals surface area contributed by atoms with E-state index in [-0.39, 0.29) is 23.0 Å². The second-order valence-electron chi connectivity index (χ2n) is 15.6. The molecule has 0 unspecified atom stereocenters. The van der Waals surface area contributed by atoms with Crippen LogP contribution in [0, 0.1) is 20.8 Å². The molecule has 1 saturated heterocycles. The average Bonchev–Trinajstić information content (AvgIpc) is 3.96. The molecule has 9 rings (SSSR count). The maximum absolute atomic E-state index is 11.7. The molecule has 64 heavy (non-hydrogen) atoms. The van der Waals surface area contributed by atoms with Crippen LogP contribution in [-0.2, 0) is 37.5 Å². The number of aromatic nitrogens is 4. The summed E-state index contributed by atoms with van der Waals surface area (Å²) in [5.41, 5.74) is 8.72. The molecule has 8 aromatic rings. The van der Waals surface area contributed by atoms with E-state index >= 15 is 0 Å². The highest BCUT2D eigenvalue weighted by Gasteiger charge is 2.52. The zero-order valence-electron chi connectivity index (χ0n) is 37.2. The van der Waals surface area contributed by atoms with Crippen LogP contribution in [0.3, 0.4) is 0 Å². The first kappa shape index (κ1) is 52.5. The van der Waals surface area contributed by atoms with Crippen molar-refractivity contribution < 1.29 is 37.0 Å². The number of aryl methyl sites for hydroxylation is 7. The predicted molar refractivity (Wildman–Crippen MR) is 265 cm³/mol. The van der Waals surface area contributed by atoms with E-state index in [1.165, 1.54) is 25.1 Å². The highest BCUT2D eigenvalue weighted by atomic mass is 80.9. The van der Waals surface area contributed by atoms with Crippen LogP contribution in [0.1, 0.15) is 44.4 Å². The quantitative estimate of drug-likeness (QED) is 0.150. The molecule has 0 bridgehead atoms. The Balaban J connectivity index is 0.000000184. The average molecular weight is 1140 g/mol. The highest BCUT2D eigenvalue weighted by Crippen LogP contribution is 2.37. The van der Waals surface area contributed by atoms with Gasteiger partial charge < -0.3 is 37.0 Å². The Morgan fingerprint density at radius 1 is 0.531 bits per heavy atom. The van der Waals surface area contributed by atoms with Gasteiger partial charge in [0.25, 0.3) is 0 Å². The Labute approximate surface area is 400 Å². The van der Waals surface area contributed by atoms with Crippen LogP contribution in [0.2, 0.25) is 6.82 Å². The summed E-state index contributed by atoms with van der Waals surface area (Å²) in [7, 11) is 5.16. The number of rotatable bonds is 1. The highest BCUT2D eigenvalue weighted by molar-refractivity contribution is 9.93.